The molecule has 0 fully saturated rings. The molecule has 0 bridgehead atoms. The number of rotatable bonds is 4. The number of hydrogen-bond acceptors (Lipinski definition) is 4. The highest BCUT2D eigenvalue weighted by Gasteiger charge is 2.15. The van der Waals surface area contributed by atoms with Gasteiger partial charge in [0.25, 0.3) is 15.9 Å². The van der Waals surface area contributed by atoms with Crippen molar-refractivity contribution in [2.45, 2.75) is 4.90 Å². The summed E-state index contributed by atoms with van der Waals surface area (Å²) in [6.45, 7) is 0. The zero-order valence-corrected chi connectivity index (χ0v) is 20.3. The first kappa shape index (κ1) is 22.3. The van der Waals surface area contributed by atoms with Crippen LogP contribution >= 0.6 is 22.9 Å². The van der Waals surface area contributed by atoms with Crippen LogP contribution in [0.3, 0.4) is 0 Å². The molecule has 170 valence electrons. The van der Waals surface area contributed by atoms with Crippen LogP contribution in [0.15, 0.2) is 94.8 Å². The van der Waals surface area contributed by atoms with E-state index < -0.39 is 15.9 Å². The maximum atomic E-state index is 13.0. The maximum Gasteiger partial charge on any atom is 0.279 e. The average Bonchev–Trinajstić information content (AvgIpc) is 3.15. The zero-order chi connectivity index (χ0) is 23.9. The molecule has 0 aliphatic carbocycles. The number of hydrogen-bond donors (Lipinski definition) is 1. The fourth-order valence-corrected chi connectivity index (χ4v) is 5.99. The van der Waals surface area contributed by atoms with Crippen molar-refractivity contribution in [1.29, 1.82) is 0 Å². The first-order chi connectivity index (χ1) is 16.3. The average molecular weight is 508 g/mol. The minimum Gasteiger partial charge on any atom is -0.319 e. The molecule has 0 spiro atoms. The number of thiazole rings is 1. The van der Waals surface area contributed by atoms with Gasteiger partial charge in [0.15, 0.2) is 4.80 Å². The van der Waals surface area contributed by atoms with Gasteiger partial charge in [0.05, 0.1) is 15.1 Å². The third kappa shape index (κ3) is 4.23. The molecule has 0 atom stereocenters. The minimum absolute atomic E-state index is 0.0721. The molecule has 5 aromatic rings. The van der Waals surface area contributed by atoms with Gasteiger partial charge in [-0.15, -0.1) is 0 Å². The summed E-state index contributed by atoms with van der Waals surface area (Å²) in [5.41, 5.74) is 1.53. The van der Waals surface area contributed by atoms with Crippen molar-refractivity contribution in [3.63, 3.8) is 0 Å². The molecule has 0 radical (unpaired) electrons. The maximum absolute atomic E-state index is 13.0. The number of nitrogens with one attached hydrogen (secondary N) is 1. The quantitative estimate of drug-likeness (QED) is 0.344. The van der Waals surface area contributed by atoms with E-state index in [2.05, 4.69) is 15.8 Å². The number of halogens is 1. The number of fused-ring (bicyclic) bond motifs is 3. The summed E-state index contributed by atoms with van der Waals surface area (Å²) in [5.74, 6) is -0.459. The molecule has 0 saturated carbocycles. The molecule has 5 rings (SSSR count). The van der Waals surface area contributed by atoms with Crippen LogP contribution in [0.4, 0.5) is 5.69 Å². The molecule has 0 unspecified atom stereocenters. The predicted molar refractivity (Wildman–Crippen MR) is 137 cm³/mol. The van der Waals surface area contributed by atoms with Crippen molar-refractivity contribution < 1.29 is 13.2 Å². The van der Waals surface area contributed by atoms with Crippen LogP contribution in [0.5, 0.6) is 0 Å². The van der Waals surface area contributed by atoms with Gasteiger partial charge in [0.2, 0.25) is 0 Å². The second-order valence-corrected chi connectivity index (χ2v) is 10.7. The number of benzene rings is 4. The number of carbonyl (C=O) groups excluding carboxylic acids is 1. The van der Waals surface area contributed by atoms with E-state index in [0.29, 0.717) is 9.82 Å². The fraction of sp³-hybridized carbons (Fsp3) is 0.0400. The smallest absolute Gasteiger partial charge is 0.279 e. The first-order valence-electron chi connectivity index (χ1n) is 10.3. The lowest BCUT2D eigenvalue weighted by Crippen LogP contribution is -2.14. The van der Waals surface area contributed by atoms with Crippen LogP contribution in [0, 0.1) is 0 Å². The van der Waals surface area contributed by atoms with Gasteiger partial charge in [0.1, 0.15) is 0 Å². The third-order valence-corrected chi connectivity index (χ3v) is 8.21. The van der Waals surface area contributed by atoms with E-state index in [9.17, 15) is 13.2 Å². The molecule has 4 aromatic carbocycles. The van der Waals surface area contributed by atoms with Crippen LogP contribution in [0.1, 0.15) is 10.4 Å². The van der Waals surface area contributed by atoms with E-state index in [-0.39, 0.29) is 16.1 Å². The first-order valence-corrected chi connectivity index (χ1v) is 12.9. The lowest BCUT2D eigenvalue weighted by Gasteiger charge is -2.09. The Hall–Kier alpha value is -3.46. The largest absolute Gasteiger partial charge is 0.319 e. The molecule has 0 aliphatic heterocycles. The zero-order valence-electron chi connectivity index (χ0n) is 17.9. The number of aromatic nitrogens is 1. The molecule has 1 aromatic heterocycles. The van der Waals surface area contributed by atoms with E-state index in [4.69, 9.17) is 11.6 Å². The van der Waals surface area contributed by atoms with E-state index >= 15 is 0 Å². The molecule has 0 saturated heterocycles. The summed E-state index contributed by atoms with van der Waals surface area (Å²) < 4.78 is 30.8. The van der Waals surface area contributed by atoms with E-state index in [1.165, 1.54) is 41.7 Å². The number of anilines is 1. The summed E-state index contributed by atoms with van der Waals surface area (Å²) in [7, 11) is -1.96. The van der Waals surface area contributed by atoms with Crippen LogP contribution in [-0.2, 0) is 17.1 Å². The standard InChI is InChI=1S/C25H18ClN3O3S2/c1-29-22-14-9-16-5-2-3-8-21(16)23(22)33-25(29)27-24(30)17-6-4-7-19(15-17)28-34(31,32)20-12-10-18(26)11-13-20/h2-15,28H,1H3. The number of amides is 1. The molecule has 0 aliphatic rings. The molecule has 1 heterocycles. The van der Waals surface area contributed by atoms with E-state index in [0.717, 1.165) is 21.0 Å². The Labute approximate surface area is 204 Å². The van der Waals surface area contributed by atoms with Crippen molar-refractivity contribution in [2.75, 3.05) is 4.72 Å². The van der Waals surface area contributed by atoms with Gasteiger partial charge in [0, 0.05) is 28.7 Å². The number of aryl methyl sites for hydroxylation is 1. The van der Waals surface area contributed by atoms with E-state index in [1.54, 1.807) is 18.2 Å². The summed E-state index contributed by atoms with van der Waals surface area (Å²) in [4.78, 5) is 17.9. The summed E-state index contributed by atoms with van der Waals surface area (Å²) in [6, 6.07) is 24.3. The van der Waals surface area contributed by atoms with Gasteiger partial charge in [-0.25, -0.2) is 8.42 Å². The topological polar surface area (TPSA) is 80.5 Å². The van der Waals surface area contributed by atoms with E-state index in [1.807, 2.05) is 41.9 Å². The van der Waals surface area contributed by atoms with Crippen LogP contribution in [0.25, 0.3) is 21.0 Å². The molecule has 6 nitrogen and oxygen atoms in total. The molecule has 1 amide bonds. The van der Waals surface area contributed by atoms with Crippen LogP contribution in [-0.4, -0.2) is 18.9 Å². The van der Waals surface area contributed by atoms with Crippen molar-refractivity contribution in [3.8, 4) is 0 Å². The second kappa shape index (κ2) is 8.72. The molecule has 9 heteroatoms. The Morgan fingerprint density at radius 2 is 1.74 bits per heavy atom. The second-order valence-electron chi connectivity index (χ2n) is 7.64. The van der Waals surface area contributed by atoms with Gasteiger partial charge in [-0.3, -0.25) is 9.52 Å². The van der Waals surface area contributed by atoms with Crippen molar-refractivity contribution in [3.05, 3.63) is 100 Å². The SMILES string of the molecule is Cn1c(=NC(=O)c2cccc(NS(=O)(=O)c3ccc(Cl)cc3)c2)sc2c3ccccc3ccc21. The Morgan fingerprint density at radius 1 is 0.971 bits per heavy atom. The lowest BCUT2D eigenvalue weighted by atomic mass is 10.1. The monoisotopic (exact) mass is 507 g/mol. The van der Waals surface area contributed by atoms with Gasteiger partial charge < -0.3 is 4.57 Å². The third-order valence-electron chi connectivity index (χ3n) is 5.38. The molecular weight excluding hydrogens is 490 g/mol. The molecular formula is C25H18ClN3O3S2. The van der Waals surface area contributed by atoms with Gasteiger partial charge >= 0.3 is 0 Å². The van der Waals surface area contributed by atoms with Gasteiger partial charge in [-0.2, -0.15) is 4.99 Å². The Bertz CT molecular complexity index is 1740. The highest BCUT2D eigenvalue weighted by molar-refractivity contribution is 7.92. The number of nitrogens with zero attached hydrogens (tertiary/aromatic N) is 2. The Kier molecular flexibility index (Phi) is 5.73. The van der Waals surface area contributed by atoms with Crippen molar-refractivity contribution in [2.24, 2.45) is 12.0 Å². The summed E-state index contributed by atoms with van der Waals surface area (Å²) >= 11 is 7.29. The van der Waals surface area contributed by atoms with Crippen LogP contribution in [0.2, 0.25) is 5.02 Å². The normalized spacial score (nSPS) is 12.4. The Morgan fingerprint density at radius 3 is 2.53 bits per heavy atom. The van der Waals surface area contributed by atoms with Crippen molar-refractivity contribution >= 4 is 65.5 Å². The highest BCUT2D eigenvalue weighted by Crippen LogP contribution is 2.27. The molecule has 1 N–H and O–H groups in total. The fourth-order valence-electron chi connectivity index (χ4n) is 3.66. The predicted octanol–water partition coefficient (Wildman–Crippen LogP) is 5.59. The van der Waals surface area contributed by atoms with Gasteiger partial charge in [-0.05, 0) is 53.9 Å². The Balaban J connectivity index is 1.48. The minimum atomic E-state index is -3.83. The summed E-state index contributed by atoms with van der Waals surface area (Å²) in [5, 5.41) is 2.67. The molecule has 34 heavy (non-hydrogen) atoms. The number of carbonyl (C=O) groups is 1. The van der Waals surface area contributed by atoms with Crippen LogP contribution < -0.4 is 9.52 Å². The summed E-state index contributed by atoms with van der Waals surface area (Å²) in [6.07, 6.45) is 0. The number of sulfonamides is 1. The van der Waals surface area contributed by atoms with Crippen molar-refractivity contribution in [1.82, 2.24) is 4.57 Å². The van der Waals surface area contributed by atoms with Gasteiger partial charge in [-0.1, -0.05) is 59.3 Å². The highest BCUT2D eigenvalue weighted by atomic mass is 35.5. The lowest BCUT2D eigenvalue weighted by molar-refractivity contribution is 0.0998.